The maximum absolute atomic E-state index is 8.09. The van der Waals surface area contributed by atoms with Gasteiger partial charge in [-0.25, -0.2) is 0 Å². The third-order valence-corrected chi connectivity index (χ3v) is 5.32. The molecule has 0 N–H and O–H groups in total. The second-order valence-corrected chi connectivity index (χ2v) is 6.50. The van der Waals surface area contributed by atoms with Gasteiger partial charge in [-0.3, -0.25) is 0 Å². The van der Waals surface area contributed by atoms with Crippen LogP contribution in [0.2, 0.25) is 6.04 Å². The Morgan fingerprint density at radius 2 is 1.56 bits per heavy atom. The zero-order chi connectivity index (χ0) is 12.3. The lowest BCUT2D eigenvalue weighted by Crippen LogP contribution is -2.42. The lowest BCUT2D eigenvalue weighted by molar-refractivity contribution is 0.122. The molecule has 0 spiro atoms. The second-order valence-electron chi connectivity index (χ2n) is 3.41. The molecular weight excluding hydrogens is 226 g/mol. The molecule has 7 heteroatoms. The van der Waals surface area contributed by atoms with Crippen molar-refractivity contribution in [2.45, 2.75) is 31.7 Å². The van der Waals surface area contributed by atoms with E-state index in [0.29, 0.717) is 6.54 Å². The Labute approximate surface area is 97.9 Å². The van der Waals surface area contributed by atoms with Gasteiger partial charge in [-0.05, 0) is 18.4 Å². The van der Waals surface area contributed by atoms with Gasteiger partial charge in [0.25, 0.3) is 0 Å². The molecule has 0 fully saturated rings. The standard InChI is InChI=1S/C9H21N3O3Si/c1-13-16(14-2,15-3)9-7-5-4-6-8-11-12-10/h4-9H2,1-3H3. The lowest BCUT2D eigenvalue weighted by atomic mass is 10.2. The van der Waals surface area contributed by atoms with Crippen molar-refractivity contribution in [2.75, 3.05) is 27.9 Å². The van der Waals surface area contributed by atoms with Crippen LogP contribution in [0.1, 0.15) is 25.7 Å². The maximum atomic E-state index is 8.09. The van der Waals surface area contributed by atoms with Gasteiger partial charge in [-0.2, -0.15) is 0 Å². The molecule has 0 heterocycles. The van der Waals surface area contributed by atoms with E-state index >= 15 is 0 Å². The highest BCUT2D eigenvalue weighted by atomic mass is 28.4. The van der Waals surface area contributed by atoms with Gasteiger partial charge in [0, 0.05) is 38.8 Å². The van der Waals surface area contributed by atoms with E-state index < -0.39 is 8.80 Å². The van der Waals surface area contributed by atoms with Crippen molar-refractivity contribution in [3.05, 3.63) is 10.4 Å². The van der Waals surface area contributed by atoms with Crippen molar-refractivity contribution in [1.29, 1.82) is 0 Å². The molecule has 6 nitrogen and oxygen atoms in total. The first kappa shape index (κ1) is 15.4. The first-order chi connectivity index (χ1) is 7.74. The van der Waals surface area contributed by atoms with Gasteiger partial charge < -0.3 is 13.3 Å². The molecule has 0 aliphatic rings. The molecule has 0 aromatic rings. The number of azide groups is 1. The quantitative estimate of drug-likeness (QED) is 0.196. The molecule has 0 saturated carbocycles. The number of hydrogen-bond acceptors (Lipinski definition) is 4. The number of rotatable bonds is 10. The van der Waals surface area contributed by atoms with Crippen LogP contribution in [0, 0.1) is 0 Å². The molecule has 0 aliphatic heterocycles. The Hall–Kier alpha value is -0.593. The van der Waals surface area contributed by atoms with Crippen molar-refractivity contribution in [1.82, 2.24) is 0 Å². The summed E-state index contributed by atoms with van der Waals surface area (Å²) >= 11 is 0. The van der Waals surface area contributed by atoms with Gasteiger partial charge in [0.1, 0.15) is 0 Å². The Balaban J connectivity index is 3.58. The van der Waals surface area contributed by atoms with Crippen molar-refractivity contribution in [2.24, 2.45) is 5.11 Å². The Bertz CT molecular complexity index is 210. The van der Waals surface area contributed by atoms with Crippen molar-refractivity contribution in [3.63, 3.8) is 0 Å². The van der Waals surface area contributed by atoms with Crippen LogP contribution in [0.5, 0.6) is 0 Å². The van der Waals surface area contributed by atoms with Crippen LogP contribution in [-0.4, -0.2) is 36.7 Å². The Kier molecular flexibility index (Phi) is 9.26. The van der Waals surface area contributed by atoms with Crippen molar-refractivity contribution >= 4 is 8.80 Å². The summed E-state index contributed by atoms with van der Waals surface area (Å²) in [6, 6.07) is 0.831. The fraction of sp³-hybridized carbons (Fsp3) is 1.00. The van der Waals surface area contributed by atoms with E-state index in [1.165, 1.54) is 0 Å². The Morgan fingerprint density at radius 3 is 2.06 bits per heavy atom. The average molecular weight is 247 g/mol. The normalized spacial score (nSPS) is 11.2. The molecule has 0 unspecified atom stereocenters. The van der Waals surface area contributed by atoms with Crippen LogP contribution in [-0.2, 0) is 13.3 Å². The minimum Gasteiger partial charge on any atom is -0.377 e. The van der Waals surface area contributed by atoms with Crippen molar-refractivity contribution in [3.8, 4) is 0 Å². The molecule has 0 aromatic carbocycles. The molecule has 0 amide bonds. The molecule has 94 valence electrons. The van der Waals surface area contributed by atoms with E-state index in [2.05, 4.69) is 10.0 Å². The smallest absolute Gasteiger partial charge is 0.377 e. The van der Waals surface area contributed by atoms with Crippen molar-refractivity contribution < 1.29 is 13.3 Å². The van der Waals surface area contributed by atoms with Gasteiger partial charge in [0.2, 0.25) is 0 Å². The van der Waals surface area contributed by atoms with Crippen LogP contribution in [0.4, 0.5) is 0 Å². The molecular formula is C9H21N3O3Si. The van der Waals surface area contributed by atoms with Gasteiger partial charge in [-0.15, -0.1) is 0 Å². The number of unbranched alkanes of at least 4 members (excludes halogenated alkanes) is 3. The van der Waals surface area contributed by atoms with E-state index in [1.807, 2.05) is 0 Å². The van der Waals surface area contributed by atoms with Gasteiger partial charge in [0.15, 0.2) is 0 Å². The molecule has 0 rings (SSSR count). The SMILES string of the molecule is CO[Si](CCCCCCN=[N+]=[N-])(OC)OC. The first-order valence-corrected chi connectivity index (χ1v) is 7.34. The molecule has 0 bridgehead atoms. The summed E-state index contributed by atoms with van der Waals surface area (Å²) in [6.45, 7) is 0.581. The van der Waals surface area contributed by atoms with Gasteiger partial charge >= 0.3 is 8.80 Å². The molecule has 0 atom stereocenters. The zero-order valence-corrected chi connectivity index (χ0v) is 11.3. The van der Waals surface area contributed by atoms with Crippen LogP contribution in [0.3, 0.4) is 0 Å². The van der Waals surface area contributed by atoms with Gasteiger partial charge in [-0.1, -0.05) is 18.0 Å². The molecule has 16 heavy (non-hydrogen) atoms. The fourth-order valence-electron chi connectivity index (χ4n) is 1.48. The molecule has 0 saturated heterocycles. The maximum Gasteiger partial charge on any atom is 0.500 e. The number of nitrogens with zero attached hydrogens (tertiary/aromatic N) is 3. The second kappa shape index (κ2) is 9.62. The zero-order valence-electron chi connectivity index (χ0n) is 10.3. The number of hydrogen-bond donors (Lipinski definition) is 0. The van der Waals surface area contributed by atoms with Crippen LogP contribution in [0.15, 0.2) is 5.11 Å². The first-order valence-electron chi connectivity index (χ1n) is 5.41. The average Bonchev–Trinajstić information content (AvgIpc) is 2.34. The minimum atomic E-state index is -2.37. The summed E-state index contributed by atoms with van der Waals surface area (Å²) in [5.74, 6) is 0. The summed E-state index contributed by atoms with van der Waals surface area (Å²) in [4.78, 5) is 2.70. The highest BCUT2D eigenvalue weighted by Gasteiger charge is 2.36. The Morgan fingerprint density at radius 1 is 1.00 bits per heavy atom. The van der Waals surface area contributed by atoms with E-state index in [1.54, 1.807) is 21.3 Å². The van der Waals surface area contributed by atoms with Crippen LogP contribution < -0.4 is 0 Å². The fourth-order valence-corrected chi connectivity index (χ4v) is 3.27. The highest BCUT2D eigenvalue weighted by molar-refractivity contribution is 6.60. The van der Waals surface area contributed by atoms with E-state index in [9.17, 15) is 0 Å². The summed E-state index contributed by atoms with van der Waals surface area (Å²) in [5.41, 5.74) is 8.09. The molecule has 0 aliphatic carbocycles. The van der Waals surface area contributed by atoms with Crippen LogP contribution >= 0.6 is 0 Å². The summed E-state index contributed by atoms with van der Waals surface area (Å²) in [7, 11) is 2.50. The molecule has 0 radical (unpaired) electrons. The third-order valence-electron chi connectivity index (χ3n) is 2.49. The monoisotopic (exact) mass is 247 g/mol. The largest absolute Gasteiger partial charge is 0.500 e. The summed E-state index contributed by atoms with van der Waals surface area (Å²) in [5, 5.41) is 3.48. The summed E-state index contributed by atoms with van der Waals surface area (Å²) in [6.07, 6.45) is 4.08. The minimum absolute atomic E-state index is 0.581. The van der Waals surface area contributed by atoms with Crippen LogP contribution in [0.25, 0.3) is 10.4 Å². The van der Waals surface area contributed by atoms with E-state index in [4.69, 9.17) is 18.8 Å². The molecule has 0 aromatic heterocycles. The predicted octanol–water partition coefficient (Wildman–Crippen LogP) is 2.74. The highest BCUT2D eigenvalue weighted by Crippen LogP contribution is 2.17. The lowest BCUT2D eigenvalue weighted by Gasteiger charge is -2.24. The van der Waals surface area contributed by atoms with E-state index in [-0.39, 0.29) is 0 Å². The van der Waals surface area contributed by atoms with E-state index in [0.717, 1.165) is 31.7 Å². The predicted molar refractivity (Wildman–Crippen MR) is 64.1 cm³/mol. The summed E-state index contributed by atoms with van der Waals surface area (Å²) < 4.78 is 15.9. The third kappa shape index (κ3) is 6.09. The van der Waals surface area contributed by atoms with Gasteiger partial charge in [0.05, 0.1) is 0 Å². The topological polar surface area (TPSA) is 76.5 Å².